The van der Waals surface area contributed by atoms with Crippen LogP contribution in [0.2, 0.25) is 0 Å². The number of para-hydroxylation sites is 1. The Kier molecular flexibility index (Phi) is 8.26. The minimum absolute atomic E-state index is 0. The van der Waals surface area contributed by atoms with Crippen molar-refractivity contribution in [1.29, 1.82) is 0 Å². The summed E-state index contributed by atoms with van der Waals surface area (Å²) in [5.41, 5.74) is 2.10. The van der Waals surface area contributed by atoms with Crippen LogP contribution < -0.4 is 10.2 Å². The Balaban J connectivity index is 0.00000242. The predicted octanol–water partition coefficient (Wildman–Crippen LogP) is 3.64. The molecule has 0 bridgehead atoms. The van der Waals surface area contributed by atoms with E-state index in [-0.39, 0.29) is 18.3 Å². The minimum Gasteiger partial charge on any atom is -0.320 e. The van der Waals surface area contributed by atoms with Gasteiger partial charge >= 0.3 is 0 Å². The van der Waals surface area contributed by atoms with Crippen LogP contribution in [0.3, 0.4) is 0 Å². The van der Waals surface area contributed by atoms with Gasteiger partial charge in [0.15, 0.2) is 0 Å². The number of carbonyl (C=O) groups is 1. The van der Waals surface area contributed by atoms with Crippen LogP contribution in [0.25, 0.3) is 0 Å². The fourth-order valence-corrected chi connectivity index (χ4v) is 2.25. The van der Waals surface area contributed by atoms with Gasteiger partial charge in [0.05, 0.1) is 6.54 Å². The van der Waals surface area contributed by atoms with Gasteiger partial charge in [-0.3, -0.25) is 4.79 Å². The van der Waals surface area contributed by atoms with Gasteiger partial charge in [0.1, 0.15) is 0 Å². The second kappa shape index (κ2) is 9.98. The predicted molar refractivity (Wildman–Crippen MR) is 94.5 cm³/mol. The lowest BCUT2D eigenvalue weighted by Gasteiger charge is -2.23. The molecular weight excluding hydrogens is 296 g/mol. The minimum atomic E-state index is 0. The third-order valence-corrected chi connectivity index (χ3v) is 3.37. The number of anilines is 1. The Hall–Kier alpha value is -1.84. The maximum atomic E-state index is 12.5. The van der Waals surface area contributed by atoms with Crippen LogP contribution in [-0.4, -0.2) is 19.5 Å². The van der Waals surface area contributed by atoms with E-state index in [9.17, 15) is 4.79 Å². The first-order valence-electron chi connectivity index (χ1n) is 7.35. The van der Waals surface area contributed by atoms with E-state index in [0.717, 1.165) is 24.2 Å². The number of nitrogens with one attached hydrogen (secondary N) is 1. The number of benzene rings is 2. The number of carbonyl (C=O) groups excluding carboxylic acids is 1. The molecule has 1 N–H and O–H groups in total. The quantitative estimate of drug-likeness (QED) is 0.790. The Morgan fingerprint density at radius 2 is 1.59 bits per heavy atom. The summed E-state index contributed by atoms with van der Waals surface area (Å²) in [6.45, 7) is 1.48. The van der Waals surface area contributed by atoms with Crippen LogP contribution in [0.1, 0.15) is 18.4 Å². The summed E-state index contributed by atoms with van der Waals surface area (Å²) in [5, 5.41) is 3.08. The highest BCUT2D eigenvalue weighted by Gasteiger charge is 2.15. The molecular formula is C18H23ClN2O. The number of rotatable bonds is 7. The van der Waals surface area contributed by atoms with Crippen LogP contribution in [-0.2, 0) is 11.3 Å². The van der Waals surface area contributed by atoms with Gasteiger partial charge in [0.25, 0.3) is 0 Å². The topological polar surface area (TPSA) is 32.3 Å². The Morgan fingerprint density at radius 3 is 2.18 bits per heavy atom. The van der Waals surface area contributed by atoms with Crippen molar-refractivity contribution in [3.8, 4) is 0 Å². The number of hydrogen-bond acceptors (Lipinski definition) is 2. The molecule has 0 spiro atoms. The smallest absolute Gasteiger partial charge is 0.227 e. The van der Waals surface area contributed by atoms with Crippen molar-refractivity contribution in [1.82, 2.24) is 5.32 Å². The maximum absolute atomic E-state index is 12.5. The van der Waals surface area contributed by atoms with E-state index in [1.807, 2.05) is 60.5 Å². The van der Waals surface area contributed by atoms with Crippen molar-refractivity contribution in [2.45, 2.75) is 19.4 Å². The van der Waals surface area contributed by atoms with E-state index in [1.54, 1.807) is 0 Å². The van der Waals surface area contributed by atoms with Crippen LogP contribution in [0.5, 0.6) is 0 Å². The van der Waals surface area contributed by atoms with E-state index in [1.165, 1.54) is 0 Å². The molecule has 0 atom stereocenters. The molecule has 0 aliphatic carbocycles. The summed E-state index contributed by atoms with van der Waals surface area (Å²) in [4.78, 5) is 14.4. The molecule has 118 valence electrons. The summed E-state index contributed by atoms with van der Waals surface area (Å²) in [7, 11) is 1.91. The molecule has 3 nitrogen and oxygen atoms in total. The number of hydrogen-bond donors (Lipinski definition) is 1. The highest BCUT2D eigenvalue weighted by atomic mass is 35.5. The molecule has 0 saturated carbocycles. The first-order valence-corrected chi connectivity index (χ1v) is 7.35. The van der Waals surface area contributed by atoms with Crippen molar-refractivity contribution in [2.75, 3.05) is 18.5 Å². The Labute approximate surface area is 138 Å². The van der Waals surface area contributed by atoms with Gasteiger partial charge < -0.3 is 10.2 Å². The average molecular weight is 319 g/mol. The lowest BCUT2D eigenvalue weighted by atomic mass is 10.1. The second-order valence-electron chi connectivity index (χ2n) is 5.01. The SMILES string of the molecule is CNCCCC(=O)N(Cc1ccccc1)c1ccccc1.Cl. The highest BCUT2D eigenvalue weighted by Crippen LogP contribution is 2.18. The van der Waals surface area contributed by atoms with Gasteiger partial charge in [-0.15, -0.1) is 12.4 Å². The number of nitrogens with zero attached hydrogens (tertiary/aromatic N) is 1. The number of amides is 1. The third kappa shape index (κ3) is 5.51. The summed E-state index contributed by atoms with van der Waals surface area (Å²) in [6.07, 6.45) is 1.41. The monoisotopic (exact) mass is 318 g/mol. The van der Waals surface area contributed by atoms with Gasteiger partial charge in [0.2, 0.25) is 5.91 Å². The lowest BCUT2D eigenvalue weighted by molar-refractivity contribution is -0.118. The summed E-state index contributed by atoms with van der Waals surface area (Å²) < 4.78 is 0. The Bertz CT molecular complexity index is 546. The van der Waals surface area contributed by atoms with Gasteiger partial charge in [-0.1, -0.05) is 48.5 Å². The summed E-state index contributed by atoms with van der Waals surface area (Å²) >= 11 is 0. The second-order valence-corrected chi connectivity index (χ2v) is 5.01. The van der Waals surface area contributed by atoms with Gasteiger partial charge in [0, 0.05) is 12.1 Å². The molecule has 4 heteroatoms. The van der Waals surface area contributed by atoms with E-state index in [4.69, 9.17) is 0 Å². The molecule has 0 unspecified atom stereocenters. The zero-order chi connectivity index (χ0) is 14.9. The fourth-order valence-electron chi connectivity index (χ4n) is 2.25. The maximum Gasteiger partial charge on any atom is 0.227 e. The van der Waals surface area contributed by atoms with Gasteiger partial charge in [-0.2, -0.15) is 0 Å². The van der Waals surface area contributed by atoms with Gasteiger partial charge in [-0.05, 0) is 37.7 Å². The normalized spacial score (nSPS) is 9.86. The average Bonchev–Trinajstić information content (AvgIpc) is 2.54. The largest absolute Gasteiger partial charge is 0.320 e. The Morgan fingerprint density at radius 1 is 1.00 bits per heavy atom. The molecule has 0 fully saturated rings. The van der Waals surface area contributed by atoms with Crippen LogP contribution >= 0.6 is 12.4 Å². The van der Waals surface area contributed by atoms with Crippen molar-refractivity contribution < 1.29 is 4.79 Å². The van der Waals surface area contributed by atoms with Crippen LogP contribution in [0.4, 0.5) is 5.69 Å². The molecule has 2 aromatic carbocycles. The van der Waals surface area contributed by atoms with Crippen molar-refractivity contribution in [2.24, 2.45) is 0 Å². The lowest BCUT2D eigenvalue weighted by Crippen LogP contribution is -2.30. The molecule has 2 rings (SSSR count). The zero-order valence-electron chi connectivity index (χ0n) is 12.9. The first-order chi connectivity index (χ1) is 10.3. The molecule has 2 aromatic rings. The van der Waals surface area contributed by atoms with Crippen molar-refractivity contribution in [3.05, 3.63) is 66.2 Å². The molecule has 0 heterocycles. The fraction of sp³-hybridized carbons (Fsp3) is 0.278. The van der Waals surface area contributed by atoms with E-state index < -0.39 is 0 Å². The number of halogens is 1. The van der Waals surface area contributed by atoms with Crippen LogP contribution in [0.15, 0.2) is 60.7 Å². The van der Waals surface area contributed by atoms with Crippen LogP contribution in [0, 0.1) is 0 Å². The summed E-state index contributed by atoms with van der Waals surface area (Å²) in [5.74, 6) is 0.167. The molecule has 22 heavy (non-hydrogen) atoms. The van der Waals surface area contributed by atoms with E-state index in [2.05, 4.69) is 17.4 Å². The third-order valence-electron chi connectivity index (χ3n) is 3.37. The molecule has 0 radical (unpaired) electrons. The van der Waals surface area contributed by atoms with Gasteiger partial charge in [-0.25, -0.2) is 0 Å². The molecule has 0 aliphatic rings. The molecule has 0 saturated heterocycles. The zero-order valence-corrected chi connectivity index (χ0v) is 13.7. The molecule has 0 aliphatic heterocycles. The van der Waals surface area contributed by atoms with Crippen molar-refractivity contribution in [3.63, 3.8) is 0 Å². The first kappa shape index (κ1) is 18.2. The molecule has 1 amide bonds. The standard InChI is InChI=1S/C18H22N2O.ClH/c1-19-14-8-13-18(21)20(17-11-6-3-7-12-17)15-16-9-4-2-5-10-16;/h2-7,9-12,19H,8,13-15H2,1H3;1H. The summed E-state index contributed by atoms with van der Waals surface area (Å²) in [6, 6.07) is 20.0. The van der Waals surface area contributed by atoms with Crippen molar-refractivity contribution >= 4 is 24.0 Å². The van der Waals surface area contributed by atoms with E-state index in [0.29, 0.717) is 13.0 Å². The molecule has 0 aromatic heterocycles. The highest BCUT2D eigenvalue weighted by molar-refractivity contribution is 5.93. The van der Waals surface area contributed by atoms with E-state index >= 15 is 0 Å².